The maximum Gasteiger partial charge on any atom is 0.416 e. The van der Waals surface area contributed by atoms with Crippen LogP contribution in [-0.2, 0) is 16.4 Å². The van der Waals surface area contributed by atoms with Crippen molar-refractivity contribution >= 4 is 17.6 Å². The van der Waals surface area contributed by atoms with Gasteiger partial charge >= 0.3 is 12.1 Å². The first-order valence-corrected chi connectivity index (χ1v) is 7.97. The average molecular weight is 363 g/mol. The summed E-state index contributed by atoms with van der Waals surface area (Å²) in [5, 5.41) is 11.8. The van der Waals surface area contributed by atoms with Crippen molar-refractivity contribution in [3.05, 3.63) is 64.7 Å². The number of alkyl halides is 3. The van der Waals surface area contributed by atoms with Gasteiger partial charge < -0.3 is 10.4 Å². The summed E-state index contributed by atoms with van der Waals surface area (Å²) in [6, 6.07) is 9.13. The minimum atomic E-state index is -4.48. The number of hydrogen-bond donors (Lipinski definition) is 2. The van der Waals surface area contributed by atoms with Gasteiger partial charge in [0, 0.05) is 5.69 Å². The number of amides is 1. The standard InChI is InChI=1S/C19H16F3NO3/c1-11-5-6-12(16(24)25)9-15(11)23-17(26)18(7-8-18)13-3-2-4-14(10-13)19(20,21)22/h2-6,9-10H,7-8H2,1H3,(H,23,26)(H,24,25). The lowest BCUT2D eigenvalue weighted by molar-refractivity contribution is -0.137. The van der Waals surface area contributed by atoms with E-state index in [1.54, 1.807) is 13.0 Å². The fourth-order valence-electron chi connectivity index (χ4n) is 2.90. The fourth-order valence-corrected chi connectivity index (χ4v) is 2.90. The number of benzene rings is 2. The third-order valence-corrected chi connectivity index (χ3v) is 4.66. The van der Waals surface area contributed by atoms with Crippen LogP contribution >= 0.6 is 0 Å². The molecule has 0 heterocycles. The monoisotopic (exact) mass is 363 g/mol. The van der Waals surface area contributed by atoms with Crippen LogP contribution in [0.1, 0.15) is 39.9 Å². The van der Waals surface area contributed by atoms with Crippen LogP contribution < -0.4 is 5.32 Å². The lowest BCUT2D eigenvalue weighted by Gasteiger charge is -2.18. The highest BCUT2D eigenvalue weighted by Gasteiger charge is 2.52. The topological polar surface area (TPSA) is 66.4 Å². The average Bonchev–Trinajstić information content (AvgIpc) is 3.38. The van der Waals surface area contributed by atoms with Crippen molar-refractivity contribution in [1.29, 1.82) is 0 Å². The molecule has 0 bridgehead atoms. The molecule has 1 aliphatic carbocycles. The maximum atomic E-state index is 12.9. The van der Waals surface area contributed by atoms with Gasteiger partial charge in [0.2, 0.25) is 5.91 Å². The van der Waals surface area contributed by atoms with Gasteiger partial charge in [-0.15, -0.1) is 0 Å². The van der Waals surface area contributed by atoms with Gasteiger partial charge in [-0.25, -0.2) is 4.79 Å². The Morgan fingerprint density at radius 1 is 1.12 bits per heavy atom. The number of halogens is 3. The minimum Gasteiger partial charge on any atom is -0.478 e. The summed E-state index contributed by atoms with van der Waals surface area (Å²) < 4.78 is 38.8. The quantitative estimate of drug-likeness (QED) is 0.847. The Labute approximate surface area is 147 Å². The van der Waals surface area contributed by atoms with Gasteiger partial charge in [0.1, 0.15) is 0 Å². The highest BCUT2D eigenvalue weighted by Crippen LogP contribution is 2.50. The molecule has 2 aromatic rings. The smallest absolute Gasteiger partial charge is 0.416 e. The van der Waals surface area contributed by atoms with E-state index in [4.69, 9.17) is 5.11 Å². The van der Waals surface area contributed by atoms with Crippen LogP contribution in [0.3, 0.4) is 0 Å². The second-order valence-electron chi connectivity index (χ2n) is 6.45. The number of aryl methyl sites for hydroxylation is 1. The van der Waals surface area contributed by atoms with Crippen molar-refractivity contribution in [2.45, 2.75) is 31.4 Å². The molecule has 0 aliphatic heterocycles. The zero-order valence-corrected chi connectivity index (χ0v) is 13.9. The van der Waals surface area contributed by atoms with E-state index in [-0.39, 0.29) is 5.56 Å². The van der Waals surface area contributed by atoms with E-state index in [2.05, 4.69) is 5.32 Å². The van der Waals surface area contributed by atoms with Crippen LogP contribution in [0.15, 0.2) is 42.5 Å². The van der Waals surface area contributed by atoms with E-state index in [0.29, 0.717) is 29.7 Å². The summed E-state index contributed by atoms with van der Waals surface area (Å²) in [7, 11) is 0. The molecule has 0 atom stereocenters. The maximum absolute atomic E-state index is 12.9. The molecule has 26 heavy (non-hydrogen) atoms. The summed E-state index contributed by atoms with van der Waals surface area (Å²) in [5.41, 5.74) is -0.450. The Bertz CT molecular complexity index is 886. The number of hydrogen-bond acceptors (Lipinski definition) is 2. The predicted molar refractivity (Wildman–Crippen MR) is 89.1 cm³/mol. The number of carbonyl (C=O) groups is 2. The van der Waals surface area contributed by atoms with Crippen molar-refractivity contribution in [1.82, 2.24) is 0 Å². The van der Waals surface area contributed by atoms with Gasteiger partial charge in [-0.3, -0.25) is 4.79 Å². The number of anilines is 1. The van der Waals surface area contributed by atoms with Gasteiger partial charge in [-0.1, -0.05) is 24.3 Å². The van der Waals surface area contributed by atoms with Gasteiger partial charge in [0.05, 0.1) is 16.5 Å². The molecule has 0 spiro atoms. The molecule has 7 heteroatoms. The van der Waals surface area contributed by atoms with E-state index in [1.165, 1.54) is 24.3 Å². The molecular weight excluding hydrogens is 347 g/mol. The molecular formula is C19H16F3NO3. The normalized spacial score (nSPS) is 15.4. The van der Waals surface area contributed by atoms with Crippen LogP contribution in [0.5, 0.6) is 0 Å². The van der Waals surface area contributed by atoms with Crippen molar-refractivity contribution < 1.29 is 27.9 Å². The van der Waals surface area contributed by atoms with E-state index < -0.39 is 29.0 Å². The van der Waals surface area contributed by atoms with Crippen molar-refractivity contribution in [2.75, 3.05) is 5.32 Å². The molecule has 3 rings (SSSR count). The third kappa shape index (κ3) is 3.29. The summed E-state index contributed by atoms with van der Waals surface area (Å²) in [5.74, 6) is -1.55. The molecule has 1 amide bonds. The molecule has 2 N–H and O–H groups in total. The van der Waals surface area contributed by atoms with Crippen molar-refractivity contribution in [3.63, 3.8) is 0 Å². The predicted octanol–water partition coefficient (Wildman–Crippen LogP) is 4.38. The summed E-state index contributed by atoms with van der Waals surface area (Å²) in [6.45, 7) is 1.71. The van der Waals surface area contributed by atoms with E-state index in [1.807, 2.05) is 0 Å². The Hall–Kier alpha value is -2.83. The van der Waals surface area contributed by atoms with E-state index in [9.17, 15) is 22.8 Å². The highest BCUT2D eigenvalue weighted by atomic mass is 19.4. The molecule has 2 aromatic carbocycles. The fraction of sp³-hybridized carbons (Fsp3) is 0.263. The first-order chi connectivity index (χ1) is 12.1. The van der Waals surface area contributed by atoms with E-state index >= 15 is 0 Å². The van der Waals surface area contributed by atoms with Crippen LogP contribution in [0.2, 0.25) is 0 Å². The summed E-state index contributed by atoms with van der Waals surface area (Å²) in [4.78, 5) is 23.8. The van der Waals surface area contributed by atoms with Crippen molar-refractivity contribution in [2.24, 2.45) is 0 Å². The Morgan fingerprint density at radius 3 is 2.38 bits per heavy atom. The SMILES string of the molecule is Cc1ccc(C(=O)O)cc1NC(=O)C1(c2cccc(C(F)(F)F)c2)CC1. The van der Waals surface area contributed by atoms with Gasteiger partial charge in [-0.05, 0) is 49.1 Å². The van der Waals surface area contributed by atoms with Gasteiger partial charge in [0.25, 0.3) is 0 Å². The van der Waals surface area contributed by atoms with Crippen molar-refractivity contribution in [3.8, 4) is 0 Å². The number of carboxylic acids is 1. The van der Waals surface area contributed by atoms with Crippen LogP contribution in [-0.4, -0.2) is 17.0 Å². The minimum absolute atomic E-state index is 0.0230. The van der Waals surface area contributed by atoms with Gasteiger partial charge in [-0.2, -0.15) is 13.2 Å². The number of carbonyl (C=O) groups excluding carboxylic acids is 1. The highest BCUT2D eigenvalue weighted by molar-refractivity contribution is 6.02. The first-order valence-electron chi connectivity index (χ1n) is 7.97. The molecule has 1 saturated carbocycles. The van der Waals surface area contributed by atoms with Crippen LogP contribution in [0.4, 0.5) is 18.9 Å². The molecule has 4 nitrogen and oxygen atoms in total. The number of carboxylic acid groups (broad SMARTS) is 1. The zero-order chi connectivity index (χ0) is 19.1. The summed E-state index contributed by atoms with van der Waals surface area (Å²) >= 11 is 0. The first kappa shape index (κ1) is 18.0. The molecule has 0 saturated heterocycles. The number of rotatable bonds is 4. The lowest BCUT2D eigenvalue weighted by atomic mass is 9.93. The molecule has 0 aromatic heterocycles. The lowest BCUT2D eigenvalue weighted by Crippen LogP contribution is -2.28. The van der Waals surface area contributed by atoms with Crippen LogP contribution in [0, 0.1) is 6.92 Å². The number of nitrogens with one attached hydrogen (secondary N) is 1. The molecule has 0 unspecified atom stereocenters. The molecule has 0 radical (unpaired) electrons. The zero-order valence-electron chi connectivity index (χ0n) is 13.9. The molecule has 1 aliphatic rings. The van der Waals surface area contributed by atoms with Crippen LogP contribution in [0.25, 0.3) is 0 Å². The largest absolute Gasteiger partial charge is 0.478 e. The third-order valence-electron chi connectivity index (χ3n) is 4.66. The molecule has 136 valence electrons. The van der Waals surface area contributed by atoms with E-state index in [0.717, 1.165) is 12.1 Å². The van der Waals surface area contributed by atoms with Gasteiger partial charge in [0.15, 0.2) is 0 Å². The Kier molecular flexibility index (Phi) is 4.26. The number of aromatic carboxylic acids is 1. The Balaban J connectivity index is 1.89. The summed E-state index contributed by atoms with van der Waals surface area (Å²) in [6.07, 6.45) is -3.59. The second kappa shape index (κ2) is 6.16. The Morgan fingerprint density at radius 2 is 1.81 bits per heavy atom. The second-order valence-corrected chi connectivity index (χ2v) is 6.45. The molecule has 1 fully saturated rings.